The number of pyridine rings is 1. The van der Waals surface area contributed by atoms with Crippen molar-refractivity contribution in [1.29, 1.82) is 0 Å². The summed E-state index contributed by atoms with van der Waals surface area (Å²) >= 11 is 0. The zero-order valence-electron chi connectivity index (χ0n) is 14.5. The number of nitrogens with one attached hydrogen (secondary N) is 1. The van der Waals surface area contributed by atoms with Gasteiger partial charge < -0.3 is 9.30 Å². The first-order valence-corrected chi connectivity index (χ1v) is 8.61. The highest BCUT2D eigenvalue weighted by Crippen LogP contribution is 2.30. The van der Waals surface area contributed by atoms with Crippen LogP contribution in [0.15, 0.2) is 66.9 Å². The Kier molecular flexibility index (Phi) is 4.27. The number of rotatable bonds is 4. The molecule has 0 atom stereocenters. The molecule has 0 radical (unpaired) electrons. The number of para-hydroxylation sites is 1. The fourth-order valence-electron chi connectivity index (χ4n) is 3.22. The first-order chi connectivity index (χ1) is 12.8. The van der Waals surface area contributed by atoms with E-state index in [1.165, 1.54) is 5.56 Å². The molecule has 4 aromatic rings. The first-order valence-electron chi connectivity index (χ1n) is 8.61. The molecule has 130 valence electrons. The van der Waals surface area contributed by atoms with Crippen molar-refractivity contribution >= 4 is 33.7 Å². The number of amides is 1. The third-order valence-corrected chi connectivity index (χ3v) is 4.35. The standard InChI is InChI=1S/C21H19N3O2/c1-2-26-21(25)23-20-12-17-16-10-6-7-11-18(16)24(19(17)13-22-20)14-15-8-4-3-5-9-15/h3-13H,2,14H2,1H3,(H,22,23,25). The average Bonchev–Trinajstić information content (AvgIpc) is 2.96. The van der Waals surface area contributed by atoms with Gasteiger partial charge in [-0.3, -0.25) is 5.32 Å². The molecule has 2 aromatic carbocycles. The molecule has 5 nitrogen and oxygen atoms in total. The minimum atomic E-state index is -0.493. The molecule has 0 aliphatic carbocycles. The minimum Gasteiger partial charge on any atom is -0.450 e. The van der Waals surface area contributed by atoms with E-state index in [1.807, 2.05) is 36.4 Å². The summed E-state index contributed by atoms with van der Waals surface area (Å²) in [5.74, 6) is 0.485. The summed E-state index contributed by atoms with van der Waals surface area (Å²) in [6.07, 6.45) is 1.31. The topological polar surface area (TPSA) is 56.1 Å². The highest BCUT2D eigenvalue weighted by Gasteiger charge is 2.13. The molecule has 26 heavy (non-hydrogen) atoms. The molecule has 2 aromatic heterocycles. The van der Waals surface area contributed by atoms with E-state index in [1.54, 1.807) is 13.1 Å². The maximum atomic E-state index is 11.7. The van der Waals surface area contributed by atoms with Crippen molar-refractivity contribution in [3.63, 3.8) is 0 Å². The Morgan fingerprint density at radius 2 is 1.81 bits per heavy atom. The van der Waals surface area contributed by atoms with Crippen molar-refractivity contribution in [2.75, 3.05) is 11.9 Å². The molecule has 0 aliphatic heterocycles. The first kappa shape index (κ1) is 16.1. The SMILES string of the molecule is CCOC(=O)Nc1cc2c3ccccc3n(Cc3ccccc3)c2cn1. The molecule has 0 fully saturated rings. The van der Waals surface area contributed by atoms with E-state index in [0.717, 1.165) is 28.4 Å². The van der Waals surface area contributed by atoms with E-state index in [4.69, 9.17) is 4.74 Å². The second kappa shape index (κ2) is 6.88. The molecule has 1 amide bonds. The molecular formula is C21H19N3O2. The van der Waals surface area contributed by atoms with E-state index in [2.05, 4.69) is 39.1 Å². The number of carbonyl (C=O) groups is 1. The number of nitrogens with zero attached hydrogens (tertiary/aromatic N) is 2. The third kappa shape index (κ3) is 2.99. The number of aromatic nitrogens is 2. The molecular weight excluding hydrogens is 326 g/mol. The fraction of sp³-hybridized carbons (Fsp3) is 0.143. The van der Waals surface area contributed by atoms with Gasteiger partial charge in [-0.1, -0.05) is 48.5 Å². The lowest BCUT2D eigenvalue weighted by Crippen LogP contribution is -2.14. The van der Waals surface area contributed by atoms with Gasteiger partial charge in [0.15, 0.2) is 0 Å². The number of fused-ring (bicyclic) bond motifs is 3. The molecule has 4 rings (SSSR count). The fourth-order valence-corrected chi connectivity index (χ4v) is 3.22. The molecule has 0 unspecified atom stereocenters. The Morgan fingerprint density at radius 3 is 2.62 bits per heavy atom. The molecule has 1 N–H and O–H groups in total. The summed E-state index contributed by atoms with van der Waals surface area (Å²) in [5, 5.41) is 4.86. The maximum Gasteiger partial charge on any atom is 0.412 e. The molecule has 0 bridgehead atoms. The Bertz CT molecular complexity index is 1070. The predicted octanol–water partition coefficient (Wildman–Crippen LogP) is 4.81. The summed E-state index contributed by atoms with van der Waals surface area (Å²) < 4.78 is 7.19. The van der Waals surface area contributed by atoms with Crippen LogP contribution in [0, 0.1) is 0 Å². The highest BCUT2D eigenvalue weighted by molar-refractivity contribution is 6.09. The van der Waals surface area contributed by atoms with E-state index < -0.39 is 6.09 Å². The summed E-state index contributed by atoms with van der Waals surface area (Å²) in [6, 6.07) is 20.5. The van der Waals surface area contributed by atoms with Crippen LogP contribution in [0.4, 0.5) is 10.6 Å². The van der Waals surface area contributed by atoms with Crippen LogP contribution in [0.3, 0.4) is 0 Å². The number of hydrogen-bond acceptors (Lipinski definition) is 3. The molecule has 5 heteroatoms. The Hall–Kier alpha value is -3.34. The molecule has 0 spiro atoms. The normalized spacial score (nSPS) is 11.0. The van der Waals surface area contributed by atoms with Crippen LogP contribution in [-0.2, 0) is 11.3 Å². The van der Waals surface area contributed by atoms with Gasteiger partial charge in [0.2, 0.25) is 0 Å². The smallest absolute Gasteiger partial charge is 0.412 e. The van der Waals surface area contributed by atoms with Crippen LogP contribution in [0.5, 0.6) is 0 Å². The van der Waals surface area contributed by atoms with Gasteiger partial charge in [0.05, 0.1) is 18.3 Å². The van der Waals surface area contributed by atoms with E-state index in [0.29, 0.717) is 12.4 Å². The minimum absolute atomic E-state index is 0.324. The molecule has 0 saturated carbocycles. The summed E-state index contributed by atoms with van der Waals surface area (Å²) in [7, 11) is 0. The van der Waals surface area contributed by atoms with Crippen molar-refractivity contribution in [1.82, 2.24) is 9.55 Å². The predicted molar refractivity (Wildman–Crippen MR) is 103 cm³/mol. The monoisotopic (exact) mass is 345 g/mol. The van der Waals surface area contributed by atoms with Gasteiger partial charge in [-0.25, -0.2) is 9.78 Å². The van der Waals surface area contributed by atoms with Crippen molar-refractivity contribution in [2.24, 2.45) is 0 Å². The van der Waals surface area contributed by atoms with Gasteiger partial charge in [-0.15, -0.1) is 0 Å². The van der Waals surface area contributed by atoms with Gasteiger partial charge in [0, 0.05) is 22.8 Å². The van der Waals surface area contributed by atoms with Crippen molar-refractivity contribution in [3.05, 3.63) is 72.4 Å². The zero-order chi connectivity index (χ0) is 17.9. The molecule has 2 heterocycles. The maximum absolute atomic E-state index is 11.7. The van der Waals surface area contributed by atoms with Gasteiger partial charge in [0.25, 0.3) is 0 Å². The van der Waals surface area contributed by atoms with Gasteiger partial charge in [-0.2, -0.15) is 0 Å². The van der Waals surface area contributed by atoms with Gasteiger partial charge in [-0.05, 0) is 24.6 Å². The van der Waals surface area contributed by atoms with Crippen LogP contribution < -0.4 is 5.32 Å². The lowest BCUT2D eigenvalue weighted by atomic mass is 10.2. The number of benzene rings is 2. The zero-order valence-corrected chi connectivity index (χ0v) is 14.5. The lowest BCUT2D eigenvalue weighted by molar-refractivity contribution is 0.168. The quantitative estimate of drug-likeness (QED) is 0.578. The largest absolute Gasteiger partial charge is 0.450 e. The van der Waals surface area contributed by atoms with Crippen LogP contribution in [0.1, 0.15) is 12.5 Å². The summed E-state index contributed by atoms with van der Waals surface area (Å²) in [4.78, 5) is 16.1. The molecule has 0 saturated heterocycles. The van der Waals surface area contributed by atoms with Crippen molar-refractivity contribution in [2.45, 2.75) is 13.5 Å². The number of hydrogen-bond donors (Lipinski definition) is 1. The Morgan fingerprint density at radius 1 is 1.04 bits per heavy atom. The summed E-state index contributed by atoms with van der Waals surface area (Å²) in [6.45, 7) is 2.86. The number of carbonyl (C=O) groups excluding carboxylic acids is 1. The number of anilines is 1. The van der Waals surface area contributed by atoms with E-state index >= 15 is 0 Å². The van der Waals surface area contributed by atoms with Crippen molar-refractivity contribution < 1.29 is 9.53 Å². The second-order valence-corrected chi connectivity index (χ2v) is 6.02. The van der Waals surface area contributed by atoms with Gasteiger partial charge in [0.1, 0.15) is 5.82 Å². The summed E-state index contributed by atoms with van der Waals surface area (Å²) in [5.41, 5.74) is 3.40. The van der Waals surface area contributed by atoms with Crippen molar-refractivity contribution in [3.8, 4) is 0 Å². The number of ether oxygens (including phenoxy) is 1. The Balaban J connectivity index is 1.82. The molecule has 0 aliphatic rings. The van der Waals surface area contributed by atoms with Crippen LogP contribution in [-0.4, -0.2) is 22.3 Å². The van der Waals surface area contributed by atoms with Gasteiger partial charge >= 0.3 is 6.09 Å². The van der Waals surface area contributed by atoms with E-state index in [-0.39, 0.29) is 0 Å². The third-order valence-electron chi connectivity index (χ3n) is 4.35. The highest BCUT2D eigenvalue weighted by atomic mass is 16.5. The lowest BCUT2D eigenvalue weighted by Gasteiger charge is -2.08. The van der Waals surface area contributed by atoms with E-state index in [9.17, 15) is 4.79 Å². The van der Waals surface area contributed by atoms with Crippen LogP contribution in [0.2, 0.25) is 0 Å². The Labute approximate surface area is 151 Å². The van der Waals surface area contributed by atoms with Crippen LogP contribution in [0.25, 0.3) is 21.8 Å². The average molecular weight is 345 g/mol. The second-order valence-electron chi connectivity index (χ2n) is 6.02. The van der Waals surface area contributed by atoms with Crippen LogP contribution >= 0.6 is 0 Å².